The van der Waals surface area contributed by atoms with Gasteiger partial charge in [-0.05, 0) is 48.7 Å². The molecule has 5 heteroatoms. The van der Waals surface area contributed by atoms with Crippen LogP contribution in [0.15, 0.2) is 48.2 Å². The minimum atomic E-state index is -0.409. The van der Waals surface area contributed by atoms with E-state index in [-0.39, 0.29) is 11.6 Å². The maximum absolute atomic E-state index is 12.5. The molecule has 0 aromatic heterocycles. The zero-order chi connectivity index (χ0) is 17.7. The number of amides is 2. The van der Waals surface area contributed by atoms with Gasteiger partial charge >= 0.3 is 0 Å². The highest BCUT2D eigenvalue weighted by atomic mass is 35.5. The Morgan fingerprint density at radius 1 is 1.04 bits per heavy atom. The fourth-order valence-electron chi connectivity index (χ4n) is 2.12. The van der Waals surface area contributed by atoms with Gasteiger partial charge in [0, 0.05) is 17.6 Å². The summed E-state index contributed by atoms with van der Waals surface area (Å²) in [6.07, 6.45) is 1.65. The lowest BCUT2D eigenvalue weighted by Gasteiger charge is -2.11. The van der Waals surface area contributed by atoms with Crippen molar-refractivity contribution >= 4 is 35.2 Å². The predicted molar refractivity (Wildman–Crippen MR) is 97.8 cm³/mol. The smallest absolute Gasteiger partial charge is 0.272 e. The van der Waals surface area contributed by atoms with Crippen molar-refractivity contribution in [2.75, 3.05) is 5.32 Å². The van der Waals surface area contributed by atoms with E-state index in [4.69, 9.17) is 11.6 Å². The predicted octanol–water partition coefficient (Wildman–Crippen LogP) is 4.07. The van der Waals surface area contributed by atoms with Crippen molar-refractivity contribution in [1.29, 1.82) is 0 Å². The van der Waals surface area contributed by atoms with E-state index in [1.54, 1.807) is 18.2 Å². The number of benzene rings is 2. The van der Waals surface area contributed by atoms with Gasteiger partial charge in [-0.2, -0.15) is 0 Å². The Balaban J connectivity index is 2.30. The van der Waals surface area contributed by atoms with E-state index >= 15 is 0 Å². The lowest BCUT2D eigenvalue weighted by molar-refractivity contribution is -0.120. The fourth-order valence-corrected chi connectivity index (χ4v) is 2.30. The molecule has 0 unspecified atom stereocenters. The summed E-state index contributed by atoms with van der Waals surface area (Å²) in [6, 6.07) is 12.9. The highest BCUT2D eigenvalue weighted by molar-refractivity contribution is 6.31. The average molecular weight is 343 g/mol. The van der Waals surface area contributed by atoms with Gasteiger partial charge in [-0.3, -0.25) is 9.59 Å². The number of anilines is 1. The molecule has 0 radical (unpaired) electrons. The molecule has 2 amide bonds. The summed E-state index contributed by atoms with van der Waals surface area (Å²) in [5.41, 5.74) is 3.53. The zero-order valence-corrected chi connectivity index (χ0v) is 14.6. The van der Waals surface area contributed by atoms with E-state index in [0.717, 1.165) is 16.7 Å². The van der Waals surface area contributed by atoms with E-state index in [1.165, 1.54) is 6.92 Å². The summed E-state index contributed by atoms with van der Waals surface area (Å²) >= 11 is 6.08. The van der Waals surface area contributed by atoms with Gasteiger partial charge in [0.15, 0.2) is 0 Å². The van der Waals surface area contributed by atoms with E-state index in [9.17, 15) is 9.59 Å². The third-order valence-corrected chi connectivity index (χ3v) is 3.88. The molecule has 0 aliphatic rings. The quantitative estimate of drug-likeness (QED) is 0.823. The highest BCUT2D eigenvalue weighted by Crippen LogP contribution is 2.20. The van der Waals surface area contributed by atoms with E-state index in [2.05, 4.69) is 10.6 Å². The number of hydrogen-bond acceptors (Lipinski definition) is 2. The van der Waals surface area contributed by atoms with Crippen LogP contribution in [0.5, 0.6) is 0 Å². The SMILES string of the molecule is CC(=O)NC(=Cc1ccccc1C)C(=O)Nc1ccc(C)c(Cl)c1. The summed E-state index contributed by atoms with van der Waals surface area (Å²) in [7, 11) is 0. The van der Waals surface area contributed by atoms with Gasteiger partial charge in [-0.25, -0.2) is 0 Å². The third kappa shape index (κ3) is 4.70. The normalized spacial score (nSPS) is 11.1. The Hall–Kier alpha value is -2.59. The van der Waals surface area contributed by atoms with E-state index in [1.807, 2.05) is 44.2 Å². The second-order valence-corrected chi connectivity index (χ2v) is 5.92. The number of hydrogen-bond donors (Lipinski definition) is 2. The summed E-state index contributed by atoms with van der Waals surface area (Å²) in [4.78, 5) is 24.0. The molecule has 24 heavy (non-hydrogen) atoms. The number of nitrogens with one attached hydrogen (secondary N) is 2. The van der Waals surface area contributed by atoms with Crippen LogP contribution < -0.4 is 10.6 Å². The lowest BCUT2D eigenvalue weighted by atomic mass is 10.1. The molecule has 2 rings (SSSR count). The van der Waals surface area contributed by atoms with Crippen LogP contribution in [-0.4, -0.2) is 11.8 Å². The molecular weight excluding hydrogens is 324 g/mol. The summed E-state index contributed by atoms with van der Waals surface area (Å²) < 4.78 is 0. The van der Waals surface area contributed by atoms with Gasteiger partial charge in [0.05, 0.1) is 0 Å². The standard InChI is InChI=1S/C19H19ClN2O2/c1-12-6-4-5-7-15(12)10-18(21-14(3)23)19(24)22-16-9-8-13(2)17(20)11-16/h4-11H,1-3H3,(H,21,23)(H,22,24). The van der Waals surface area contributed by atoms with Gasteiger partial charge in [0.2, 0.25) is 5.91 Å². The largest absolute Gasteiger partial charge is 0.322 e. The molecule has 2 N–H and O–H groups in total. The Kier molecular flexibility index (Phi) is 5.77. The molecule has 0 fully saturated rings. The molecule has 2 aromatic rings. The van der Waals surface area contributed by atoms with E-state index < -0.39 is 5.91 Å². The zero-order valence-electron chi connectivity index (χ0n) is 13.8. The van der Waals surface area contributed by atoms with Crippen LogP contribution in [0.25, 0.3) is 6.08 Å². The monoisotopic (exact) mass is 342 g/mol. The molecule has 0 spiro atoms. The molecule has 0 aliphatic heterocycles. The third-order valence-electron chi connectivity index (χ3n) is 3.47. The minimum absolute atomic E-state index is 0.175. The first kappa shape index (κ1) is 17.8. The number of carbonyl (C=O) groups is 2. The van der Waals surface area contributed by atoms with Crippen molar-refractivity contribution in [2.24, 2.45) is 0 Å². The van der Waals surface area contributed by atoms with Crippen LogP contribution in [0.1, 0.15) is 23.6 Å². The van der Waals surface area contributed by atoms with Crippen molar-refractivity contribution < 1.29 is 9.59 Å². The first-order valence-electron chi connectivity index (χ1n) is 7.49. The Labute approximate surface area is 146 Å². The molecule has 124 valence electrons. The number of halogens is 1. The molecular formula is C19H19ClN2O2. The topological polar surface area (TPSA) is 58.2 Å². The van der Waals surface area contributed by atoms with Gasteiger partial charge in [0.1, 0.15) is 5.70 Å². The summed E-state index contributed by atoms with van der Waals surface area (Å²) in [5.74, 6) is -0.722. The van der Waals surface area contributed by atoms with Crippen LogP contribution >= 0.6 is 11.6 Å². The first-order valence-corrected chi connectivity index (χ1v) is 7.87. The van der Waals surface area contributed by atoms with Crippen LogP contribution in [0, 0.1) is 13.8 Å². The van der Waals surface area contributed by atoms with Crippen LogP contribution in [-0.2, 0) is 9.59 Å². The average Bonchev–Trinajstić information content (AvgIpc) is 2.52. The van der Waals surface area contributed by atoms with Gasteiger partial charge in [-0.15, -0.1) is 0 Å². The number of rotatable bonds is 4. The maximum atomic E-state index is 12.5. The molecule has 0 aliphatic carbocycles. The molecule has 0 saturated carbocycles. The van der Waals surface area contributed by atoms with Crippen molar-refractivity contribution in [3.63, 3.8) is 0 Å². The van der Waals surface area contributed by atoms with Gasteiger partial charge in [-0.1, -0.05) is 41.9 Å². The molecule has 0 heterocycles. The molecule has 0 atom stereocenters. The highest BCUT2D eigenvalue weighted by Gasteiger charge is 2.12. The fraction of sp³-hybridized carbons (Fsp3) is 0.158. The van der Waals surface area contributed by atoms with Crippen molar-refractivity contribution in [2.45, 2.75) is 20.8 Å². The summed E-state index contributed by atoms with van der Waals surface area (Å²) in [6.45, 7) is 5.19. The Bertz CT molecular complexity index is 813. The maximum Gasteiger partial charge on any atom is 0.272 e. The van der Waals surface area contributed by atoms with Crippen molar-refractivity contribution in [3.8, 4) is 0 Å². The Morgan fingerprint density at radius 3 is 2.38 bits per heavy atom. The first-order chi connectivity index (χ1) is 11.4. The van der Waals surface area contributed by atoms with Crippen molar-refractivity contribution in [3.05, 3.63) is 69.9 Å². The van der Waals surface area contributed by atoms with E-state index in [0.29, 0.717) is 10.7 Å². The molecule has 0 saturated heterocycles. The summed E-state index contributed by atoms with van der Waals surface area (Å²) in [5, 5.41) is 5.89. The molecule has 4 nitrogen and oxygen atoms in total. The minimum Gasteiger partial charge on any atom is -0.322 e. The number of carbonyl (C=O) groups excluding carboxylic acids is 2. The second kappa shape index (κ2) is 7.79. The van der Waals surface area contributed by atoms with Gasteiger partial charge < -0.3 is 10.6 Å². The number of aryl methyl sites for hydroxylation is 2. The van der Waals surface area contributed by atoms with Crippen LogP contribution in [0.2, 0.25) is 5.02 Å². The lowest BCUT2D eigenvalue weighted by Crippen LogP contribution is -2.29. The van der Waals surface area contributed by atoms with Crippen LogP contribution in [0.4, 0.5) is 5.69 Å². The molecule has 0 bridgehead atoms. The Morgan fingerprint density at radius 2 is 1.75 bits per heavy atom. The molecule has 2 aromatic carbocycles. The van der Waals surface area contributed by atoms with Crippen molar-refractivity contribution in [1.82, 2.24) is 5.32 Å². The van der Waals surface area contributed by atoms with Crippen LogP contribution in [0.3, 0.4) is 0 Å². The van der Waals surface area contributed by atoms with Gasteiger partial charge in [0.25, 0.3) is 5.91 Å². The second-order valence-electron chi connectivity index (χ2n) is 5.51.